The summed E-state index contributed by atoms with van der Waals surface area (Å²) in [5.41, 5.74) is 0. The van der Waals surface area contributed by atoms with Crippen LogP contribution in [0.1, 0.15) is 0 Å². The molecule has 2 N–H and O–H groups in total. The highest BCUT2D eigenvalue weighted by atomic mass is 16.5. The maximum absolute atomic E-state index is 11.2. The van der Waals surface area contributed by atoms with Gasteiger partial charge in [0.25, 0.3) is 11.8 Å². The fourth-order valence-corrected chi connectivity index (χ4v) is 0.891. The number of ether oxygens (including phenoxy) is 2. The van der Waals surface area contributed by atoms with Crippen molar-refractivity contribution in [2.45, 2.75) is 0 Å². The van der Waals surface area contributed by atoms with Crippen molar-refractivity contribution in [3.05, 3.63) is 24.5 Å². The average molecular weight is 250 g/mol. The summed E-state index contributed by atoms with van der Waals surface area (Å²) in [6, 6.07) is 0. The van der Waals surface area contributed by atoms with Crippen LogP contribution in [0.25, 0.3) is 0 Å². The second-order valence-corrected chi connectivity index (χ2v) is 2.79. The monoisotopic (exact) mass is 250 g/mol. The Morgan fingerprint density at radius 2 is 1.39 bits per heavy atom. The molecule has 0 saturated heterocycles. The zero-order chi connectivity index (χ0) is 12.8. The van der Waals surface area contributed by atoms with Crippen LogP contribution >= 0.6 is 0 Å². The molecule has 92 valence electrons. The molecular weight excluding hydrogens is 244 g/mol. The number of rotatable bonds is 4. The summed E-state index contributed by atoms with van der Waals surface area (Å²) in [5, 5.41) is 18.4. The van der Waals surface area contributed by atoms with Crippen molar-refractivity contribution in [1.29, 1.82) is 0 Å². The summed E-state index contributed by atoms with van der Waals surface area (Å²) < 4.78 is 9.33. The minimum atomic E-state index is -0.791. The Balaban J connectivity index is 1.83. The van der Waals surface area contributed by atoms with E-state index >= 15 is 0 Å². The molecular formula is C8H6N6O4. The summed E-state index contributed by atoms with van der Waals surface area (Å²) >= 11 is 0. The lowest BCUT2D eigenvalue weighted by molar-refractivity contribution is -0.131. The lowest BCUT2D eigenvalue weighted by Crippen LogP contribution is -2.08. The van der Waals surface area contributed by atoms with Crippen LogP contribution in [0.4, 0.5) is 0 Å². The lowest BCUT2D eigenvalue weighted by Gasteiger charge is -1.94. The Kier molecular flexibility index (Phi) is 3.39. The maximum atomic E-state index is 11.2. The van der Waals surface area contributed by atoms with Gasteiger partial charge in [-0.3, -0.25) is 0 Å². The van der Waals surface area contributed by atoms with Gasteiger partial charge in [-0.05, 0) is 0 Å². The molecule has 0 unspecified atom stereocenters. The van der Waals surface area contributed by atoms with E-state index in [0.717, 1.165) is 12.2 Å². The first-order valence-corrected chi connectivity index (χ1v) is 4.57. The van der Waals surface area contributed by atoms with E-state index in [0.29, 0.717) is 0 Å². The van der Waals surface area contributed by atoms with Crippen LogP contribution in [0.5, 0.6) is 11.8 Å². The normalized spacial score (nSPS) is 10.4. The molecule has 0 aliphatic rings. The summed E-state index contributed by atoms with van der Waals surface area (Å²) in [4.78, 5) is 22.4. The second-order valence-electron chi connectivity index (χ2n) is 2.79. The molecule has 18 heavy (non-hydrogen) atoms. The first-order valence-electron chi connectivity index (χ1n) is 4.57. The van der Waals surface area contributed by atoms with E-state index in [1.165, 1.54) is 12.4 Å². The molecule has 2 aromatic rings. The van der Waals surface area contributed by atoms with Crippen molar-refractivity contribution in [2.75, 3.05) is 0 Å². The molecule has 0 amide bonds. The molecule has 0 radical (unpaired) electrons. The second kappa shape index (κ2) is 5.34. The third kappa shape index (κ3) is 3.23. The lowest BCUT2D eigenvalue weighted by atomic mass is 10.5. The van der Waals surface area contributed by atoms with Gasteiger partial charge in [-0.15, -0.1) is 10.2 Å². The van der Waals surface area contributed by atoms with Gasteiger partial charge >= 0.3 is 11.9 Å². The van der Waals surface area contributed by atoms with Crippen LogP contribution in [0.3, 0.4) is 0 Å². The number of carbonyl (C=O) groups is 2. The molecule has 0 saturated carbocycles. The molecule has 0 aliphatic heterocycles. The molecule has 0 aliphatic carbocycles. The van der Waals surface area contributed by atoms with Crippen molar-refractivity contribution >= 4 is 11.9 Å². The molecule has 10 nitrogen and oxygen atoms in total. The third-order valence-corrected chi connectivity index (χ3v) is 1.55. The number of hydrogen-bond donors (Lipinski definition) is 2. The number of esters is 2. The topological polar surface area (TPSA) is 136 Å². The summed E-state index contributed by atoms with van der Waals surface area (Å²) in [5.74, 6) is -1.59. The zero-order valence-corrected chi connectivity index (χ0v) is 8.73. The third-order valence-electron chi connectivity index (χ3n) is 1.55. The standard InChI is InChI=1S/C8H6N6O4/c15-7(17-5-3-9-13-11-5)1-2-8(16)18-6-4-10-14-12-6/h1-4H,(H,9,11,13)(H,10,12,14)/b2-1-. The Morgan fingerprint density at radius 1 is 0.944 bits per heavy atom. The van der Waals surface area contributed by atoms with Gasteiger partial charge in [-0.25, -0.2) is 9.59 Å². The molecule has 10 heteroatoms. The summed E-state index contributed by atoms with van der Waals surface area (Å²) in [6.07, 6.45) is 4.19. The van der Waals surface area contributed by atoms with Crippen molar-refractivity contribution in [3.8, 4) is 11.8 Å². The Labute approximate surface area is 99.0 Å². The van der Waals surface area contributed by atoms with E-state index in [-0.39, 0.29) is 11.8 Å². The van der Waals surface area contributed by atoms with Gasteiger partial charge in [0.1, 0.15) is 12.4 Å². The highest BCUT2D eigenvalue weighted by Gasteiger charge is 2.06. The van der Waals surface area contributed by atoms with E-state index in [9.17, 15) is 9.59 Å². The highest BCUT2D eigenvalue weighted by molar-refractivity contribution is 5.93. The molecule has 2 heterocycles. The van der Waals surface area contributed by atoms with E-state index in [1.54, 1.807) is 0 Å². The summed E-state index contributed by atoms with van der Waals surface area (Å²) in [7, 11) is 0. The van der Waals surface area contributed by atoms with Crippen molar-refractivity contribution in [1.82, 2.24) is 30.8 Å². The Hall–Kier alpha value is -3.04. The number of nitrogens with zero attached hydrogens (tertiary/aromatic N) is 4. The molecule has 0 bridgehead atoms. The molecule has 0 fully saturated rings. The molecule has 0 atom stereocenters. The average Bonchev–Trinajstić information content (AvgIpc) is 2.99. The van der Waals surface area contributed by atoms with Gasteiger partial charge < -0.3 is 9.47 Å². The van der Waals surface area contributed by atoms with Gasteiger partial charge in [0.2, 0.25) is 0 Å². The van der Waals surface area contributed by atoms with Gasteiger partial charge in [0.15, 0.2) is 0 Å². The number of aromatic nitrogens is 6. The maximum Gasteiger partial charge on any atom is 0.337 e. The van der Waals surface area contributed by atoms with Crippen LogP contribution in [0, 0.1) is 0 Å². The van der Waals surface area contributed by atoms with E-state index in [2.05, 4.69) is 40.3 Å². The van der Waals surface area contributed by atoms with Crippen LogP contribution in [-0.4, -0.2) is 42.8 Å². The van der Waals surface area contributed by atoms with Gasteiger partial charge in [-0.1, -0.05) is 0 Å². The van der Waals surface area contributed by atoms with Gasteiger partial charge in [0, 0.05) is 12.2 Å². The fourth-order valence-electron chi connectivity index (χ4n) is 0.891. The Bertz CT molecular complexity index is 496. The summed E-state index contributed by atoms with van der Waals surface area (Å²) in [6.45, 7) is 0. The smallest absolute Gasteiger partial charge is 0.337 e. The SMILES string of the molecule is O=C(/C=C\C(=O)Oc1cn[nH]n1)Oc1cn[nH]n1. The van der Waals surface area contributed by atoms with Crippen molar-refractivity contribution < 1.29 is 19.1 Å². The Morgan fingerprint density at radius 3 is 1.72 bits per heavy atom. The zero-order valence-electron chi connectivity index (χ0n) is 8.73. The largest absolute Gasteiger partial charge is 0.401 e. The van der Waals surface area contributed by atoms with Crippen LogP contribution in [0.2, 0.25) is 0 Å². The number of nitrogens with one attached hydrogen (secondary N) is 2. The van der Waals surface area contributed by atoms with Crippen LogP contribution < -0.4 is 9.47 Å². The number of H-pyrrole nitrogens is 2. The van der Waals surface area contributed by atoms with Gasteiger partial charge in [-0.2, -0.15) is 20.6 Å². The predicted molar refractivity (Wildman–Crippen MR) is 53.2 cm³/mol. The van der Waals surface area contributed by atoms with Crippen molar-refractivity contribution in [2.24, 2.45) is 0 Å². The minimum Gasteiger partial charge on any atom is -0.401 e. The number of aromatic amines is 2. The fraction of sp³-hybridized carbons (Fsp3) is 0. The van der Waals surface area contributed by atoms with E-state index < -0.39 is 11.9 Å². The first kappa shape index (κ1) is 11.4. The highest BCUT2D eigenvalue weighted by Crippen LogP contribution is 2.02. The van der Waals surface area contributed by atoms with Crippen LogP contribution in [0.15, 0.2) is 24.5 Å². The van der Waals surface area contributed by atoms with Crippen LogP contribution in [-0.2, 0) is 9.59 Å². The molecule has 0 aromatic carbocycles. The number of carbonyl (C=O) groups excluding carboxylic acids is 2. The van der Waals surface area contributed by atoms with E-state index in [4.69, 9.17) is 0 Å². The quantitative estimate of drug-likeness (QED) is 0.520. The van der Waals surface area contributed by atoms with Gasteiger partial charge in [0.05, 0.1) is 0 Å². The first-order chi connectivity index (χ1) is 8.74. The number of hydrogen-bond acceptors (Lipinski definition) is 8. The molecule has 0 spiro atoms. The minimum absolute atomic E-state index is 0.00508. The molecule has 2 aromatic heterocycles. The predicted octanol–water partition coefficient (Wildman–Crippen LogP) is -1.01. The molecule has 2 rings (SSSR count). The van der Waals surface area contributed by atoms with Crippen molar-refractivity contribution in [3.63, 3.8) is 0 Å². The van der Waals surface area contributed by atoms with E-state index in [1.807, 2.05) is 0 Å².